The lowest BCUT2D eigenvalue weighted by atomic mass is 9.80. The monoisotopic (exact) mass is 1840 g/mol. The maximum absolute atomic E-state index is 16.1. The molecule has 11 rings (SSSR count). The summed E-state index contributed by atoms with van der Waals surface area (Å²) in [4.78, 5) is 47.1. The molecule has 128 heavy (non-hydrogen) atoms. The molecule has 0 aliphatic carbocycles. The number of rotatable bonds is 73. The zero-order chi connectivity index (χ0) is 89.5. The summed E-state index contributed by atoms with van der Waals surface area (Å²) in [7, 11) is 0. The van der Waals surface area contributed by atoms with Crippen LogP contribution in [0.2, 0.25) is 0 Å². The van der Waals surface area contributed by atoms with Crippen molar-refractivity contribution in [3.63, 3.8) is 0 Å². The lowest BCUT2D eigenvalue weighted by molar-refractivity contribution is 0.400. The van der Waals surface area contributed by atoms with Gasteiger partial charge in [0.05, 0.1) is 0 Å². The summed E-state index contributed by atoms with van der Waals surface area (Å²) in [5.41, 5.74) is 7.92. The predicted octanol–water partition coefficient (Wildman–Crippen LogP) is 42.3. The summed E-state index contributed by atoms with van der Waals surface area (Å²) in [5.74, 6) is 1.06. The van der Waals surface area contributed by atoms with Gasteiger partial charge >= 0.3 is 0 Å². The fourth-order valence-electron chi connectivity index (χ4n) is 20.9. The second-order valence-corrected chi connectivity index (χ2v) is 46.6. The normalized spacial score (nSPS) is 12.6. The van der Waals surface area contributed by atoms with E-state index in [0.29, 0.717) is 11.8 Å². The lowest BCUT2D eigenvalue weighted by Crippen LogP contribution is -2.10. The molecular formula is C120H172O2S6. The second kappa shape index (κ2) is 59.6. The van der Waals surface area contributed by atoms with Crippen molar-refractivity contribution >= 4 is 123 Å². The van der Waals surface area contributed by atoms with Crippen molar-refractivity contribution in [1.82, 2.24) is 0 Å². The Morgan fingerprint density at radius 2 is 0.539 bits per heavy atom. The molecular weight excluding hydrogens is 1670 g/mol. The maximum Gasteiger partial charge on any atom is 0.195 e. The van der Waals surface area contributed by atoms with E-state index >= 15 is 9.59 Å². The molecule has 8 heteroatoms. The van der Waals surface area contributed by atoms with Crippen molar-refractivity contribution in [1.29, 1.82) is 0 Å². The van der Waals surface area contributed by atoms with Crippen LogP contribution in [0.5, 0.6) is 0 Å². The van der Waals surface area contributed by atoms with Gasteiger partial charge in [-0.3, -0.25) is 9.59 Å². The molecule has 11 aromatic rings. The molecule has 0 radical (unpaired) electrons. The second-order valence-electron chi connectivity index (χ2n) is 39.7. The van der Waals surface area contributed by atoms with E-state index in [4.69, 9.17) is 0 Å². The highest BCUT2D eigenvalue weighted by Gasteiger charge is 2.27. The van der Waals surface area contributed by atoms with Crippen molar-refractivity contribution in [2.75, 3.05) is 0 Å². The summed E-state index contributed by atoms with van der Waals surface area (Å²) >= 11 is 11.4. The molecule has 0 fully saturated rings. The molecule has 0 saturated carbocycles. The van der Waals surface area contributed by atoms with Gasteiger partial charge in [-0.15, -0.1) is 68.0 Å². The van der Waals surface area contributed by atoms with E-state index in [-0.39, 0.29) is 10.9 Å². The molecule has 2 nitrogen and oxygen atoms in total. The topological polar surface area (TPSA) is 34.1 Å². The zero-order valence-electron chi connectivity index (χ0n) is 82.1. The van der Waals surface area contributed by atoms with Gasteiger partial charge in [0, 0.05) is 80.4 Å². The quantitative estimate of drug-likeness (QED) is 0.0281. The van der Waals surface area contributed by atoms with Crippen LogP contribution in [0.25, 0.3) is 105 Å². The van der Waals surface area contributed by atoms with Crippen LogP contribution in [-0.4, -0.2) is 0 Å². The van der Waals surface area contributed by atoms with E-state index in [0.717, 1.165) is 61.7 Å². The average Bonchev–Trinajstić information content (AvgIpc) is 1.41. The lowest BCUT2D eigenvalue weighted by Gasteiger charge is -2.24. The molecule has 0 aliphatic rings. The Labute approximate surface area is 804 Å². The van der Waals surface area contributed by atoms with E-state index in [1.165, 1.54) is 479 Å². The Morgan fingerprint density at radius 3 is 0.891 bits per heavy atom. The van der Waals surface area contributed by atoms with Crippen molar-refractivity contribution < 1.29 is 0 Å². The van der Waals surface area contributed by atoms with Crippen LogP contribution in [0.1, 0.15) is 469 Å². The molecule has 2 atom stereocenters. The molecule has 0 N–H and O–H groups in total. The zero-order valence-corrected chi connectivity index (χ0v) is 87.0. The maximum atomic E-state index is 16.1. The van der Waals surface area contributed by atoms with E-state index in [1.807, 2.05) is 56.7 Å². The molecule has 700 valence electrons. The third kappa shape index (κ3) is 33.5. The molecule has 2 unspecified atom stereocenters. The van der Waals surface area contributed by atoms with Gasteiger partial charge in [-0.25, -0.2) is 0 Å². The SMILES string of the molecule is CCCCCCCCCCCCc1cc(C)sc1-c1ccc(/C=C/c2ccc(-c3sc(-c4ccc(-c5cc6cc7c(CC(CCCCCCCCCC)CCCCCCCCCCCC)c8cc9c(=O)c(-c%10ccc(C)s%10)cc9cc8c(CC(CCCCCCCCCC)CCCCCCCCCCCC)c7cc6c5=O)s4)cc3CCCCCCCCCCCC)s2)s1. The Hall–Kier alpha value is -5.06. The molecule has 6 aromatic heterocycles. The molecule has 0 aliphatic heterocycles. The van der Waals surface area contributed by atoms with Gasteiger partial charge in [-0.05, 0) is 228 Å². The Morgan fingerprint density at radius 1 is 0.242 bits per heavy atom. The first kappa shape index (κ1) is 103. The largest absolute Gasteiger partial charge is 0.289 e. The highest BCUT2D eigenvalue weighted by molar-refractivity contribution is 7.27. The van der Waals surface area contributed by atoms with Crippen LogP contribution in [-0.2, 0) is 25.7 Å². The third-order valence-corrected chi connectivity index (χ3v) is 35.8. The summed E-state index contributed by atoms with van der Waals surface area (Å²) in [5, 5.41) is 9.18. The van der Waals surface area contributed by atoms with Gasteiger partial charge < -0.3 is 0 Å². The molecule has 0 amide bonds. The van der Waals surface area contributed by atoms with Gasteiger partial charge in [0.1, 0.15) is 0 Å². The smallest absolute Gasteiger partial charge is 0.195 e. The highest BCUT2D eigenvalue weighted by Crippen LogP contribution is 2.48. The van der Waals surface area contributed by atoms with Crippen LogP contribution in [0, 0.1) is 25.7 Å². The number of hydrogen-bond acceptors (Lipinski definition) is 8. The van der Waals surface area contributed by atoms with Gasteiger partial charge in [-0.1, -0.05) is 414 Å². The first-order chi connectivity index (χ1) is 63.0. The van der Waals surface area contributed by atoms with Crippen molar-refractivity contribution in [3.8, 4) is 50.1 Å². The van der Waals surface area contributed by atoms with Crippen LogP contribution < -0.4 is 10.9 Å². The molecule has 0 saturated heterocycles. The number of aryl methyl sites for hydroxylation is 4. The Balaban J connectivity index is 0.942. The van der Waals surface area contributed by atoms with Crippen LogP contribution in [0.15, 0.2) is 107 Å². The highest BCUT2D eigenvalue weighted by atomic mass is 32.1. The summed E-state index contributed by atoms with van der Waals surface area (Å²) < 4.78 is 0. The minimum Gasteiger partial charge on any atom is -0.289 e. The first-order valence-electron chi connectivity index (χ1n) is 53.9. The minimum absolute atomic E-state index is 0.174. The van der Waals surface area contributed by atoms with E-state index in [2.05, 4.69) is 165 Å². The number of benzene rings is 3. The van der Waals surface area contributed by atoms with Gasteiger partial charge in [-0.2, -0.15) is 0 Å². The van der Waals surface area contributed by atoms with Crippen molar-refractivity contribution in [2.45, 2.75) is 466 Å². The van der Waals surface area contributed by atoms with Crippen LogP contribution >= 0.6 is 68.0 Å². The average molecular weight is 1840 g/mol. The van der Waals surface area contributed by atoms with Crippen LogP contribution in [0.4, 0.5) is 0 Å². The van der Waals surface area contributed by atoms with Gasteiger partial charge in [0.15, 0.2) is 10.9 Å². The van der Waals surface area contributed by atoms with Gasteiger partial charge in [0.2, 0.25) is 0 Å². The van der Waals surface area contributed by atoms with Crippen LogP contribution in [0.3, 0.4) is 0 Å². The molecule has 0 bridgehead atoms. The van der Waals surface area contributed by atoms with Crippen molar-refractivity contribution in [2.24, 2.45) is 11.8 Å². The molecule has 0 spiro atoms. The molecule has 5 aromatic carbocycles. The minimum atomic E-state index is 0.174. The first-order valence-corrected chi connectivity index (χ1v) is 58.8. The Bertz CT molecular complexity index is 4970. The molecule has 6 heterocycles. The fraction of sp³-hybridized carbons (Fsp3) is 0.617. The van der Waals surface area contributed by atoms with Crippen molar-refractivity contribution in [3.05, 3.63) is 159 Å². The fourth-order valence-corrected chi connectivity index (χ4v) is 27.3. The van der Waals surface area contributed by atoms with E-state index < -0.39 is 0 Å². The van der Waals surface area contributed by atoms with E-state index in [1.54, 1.807) is 16.9 Å². The number of unbranched alkanes of at least 4 members (excludes halogenated alkanes) is 50. The number of fused-ring (bicyclic) bond motifs is 4. The standard InChI is InChI=1S/C120H172O2S6/c1-9-15-21-27-33-39-43-49-55-61-67-93(65-59-53-47-37-31-25-19-13-5)82-103-105-84-97-86-109(111-76-71-91(7)123-111)117(121)101(97)89-107(105)104(83-94(66-60-54-48-38-32-26-20-14-6)68-62-56-50-44-40-34-28-22-16-10-2)106-85-98-87-110(118(122)102(98)90-108(103)106)112-79-80-113(127-112)116-88-96(70-64-58-52-46-42-36-30-24-18-12-4)120(128-116)115-78-75-100(126-115)73-72-99-74-77-114(125-99)119-95(81-92(8)124-119)69-63-57-51-45-41-35-29-23-17-11-3/h71-81,84-90,93-94H,9-70,82-83H2,1-8H3/b73-72+. The van der Waals surface area contributed by atoms with Gasteiger partial charge in [0.25, 0.3) is 0 Å². The summed E-state index contributed by atoms with van der Waals surface area (Å²) in [6.45, 7) is 18.4. The number of hydrogen-bond donors (Lipinski definition) is 0. The Kier molecular flexibility index (Phi) is 48.2. The predicted molar refractivity (Wildman–Crippen MR) is 584 cm³/mol. The number of thiophene rings is 6. The van der Waals surface area contributed by atoms with E-state index in [9.17, 15) is 0 Å². The summed E-state index contributed by atoms with van der Waals surface area (Å²) in [6, 6.07) is 37.9. The summed E-state index contributed by atoms with van der Waals surface area (Å²) in [6.07, 6.45) is 89.3. The third-order valence-electron chi connectivity index (χ3n) is 28.7.